The van der Waals surface area contributed by atoms with E-state index in [1.807, 2.05) is 60.7 Å². The van der Waals surface area contributed by atoms with Gasteiger partial charge in [0.2, 0.25) is 5.91 Å². The average Bonchev–Trinajstić information content (AvgIpc) is 3.23. The summed E-state index contributed by atoms with van der Waals surface area (Å²) in [6, 6.07) is 25.5. The third-order valence-corrected chi connectivity index (χ3v) is 4.68. The lowest BCUT2D eigenvalue weighted by molar-refractivity contribution is -0.121. The van der Waals surface area contributed by atoms with Crippen LogP contribution in [0.2, 0.25) is 0 Å². The van der Waals surface area contributed by atoms with Crippen molar-refractivity contribution >= 4 is 5.91 Å². The quantitative estimate of drug-likeness (QED) is 0.494. The molecule has 0 fully saturated rings. The molecule has 0 aliphatic rings. The van der Waals surface area contributed by atoms with Crippen LogP contribution in [0.3, 0.4) is 0 Å². The second-order valence-corrected chi connectivity index (χ2v) is 6.92. The van der Waals surface area contributed by atoms with Crippen molar-refractivity contribution in [2.75, 3.05) is 0 Å². The van der Waals surface area contributed by atoms with E-state index in [-0.39, 0.29) is 30.1 Å². The third-order valence-electron chi connectivity index (χ3n) is 4.68. The number of nitrogens with zero attached hydrogens (tertiary/aromatic N) is 2. The van der Waals surface area contributed by atoms with Crippen LogP contribution in [0.15, 0.2) is 89.5 Å². The summed E-state index contributed by atoms with van der Waals surface area (Å²) in [7, 11) is 0. The second-order valence-electron chi connectivity index (χ2n) is 6.92. The Hall–Kier alpha value is -3.80. The summed E-state index contributed by atoms with van der Waals surface area (Å²) in [6.07, 6.45) is 0.633. The largest absolute Gasteiger partial charge is 0.349 e. The fourth-order valence-electron chi connectivity index (χ4n) is 3.24. The Morgan fingerprint density at radius 2 is 1.70 bits per heavy atom. The van der Waals surface area contributed by atoms with E-state index in [0.29, 0.717) is 12.0 Å². The lowest BCUT2D eigenvalue weighted by Crippen LogP contribution is -2.31. The molecular weight excluding hydrogens is 381 g/mol. The fourth-order valence-corrected chi connectivity index (χ4v) is 3.24. The Morgan fingerprint density at radius 1 is 0.967 bits per heavy atom. The maximum absolute atomic E-state index is 13.4. The molecule has 1 amide bonds. The molecule has 0 saturated heterocycles. The molecule has 5 nitrogen and oxygen atoms in total. The Kier molecular flexibility index (Phi) is 5.94. The first kappa shape index (κ1) is 19.5. The molecule has 1 N–H and O–H groups in total. The van der Waals surface area contributed by atoms with E-state index >= 15 is 0 Å². The van der Waals surface area contributed by atoms with Crippen LogP contribution in [0.25, 0.3) is 11.5 Å². The second kappa shape index (κ2) is 9.13. The van der Waals surface area contributed by atoms with Crippen LogP contribution < -0.4 is 5.32 Å². The summed E-state index contributed by atoms with van der Waals surface area (Å²) >= 11 is 0. The van der Waals surface area contributed by atoms with Gasteiger partial charge in [0.1, 0.15) is 5.82 Å². The molecule has 1 heterocycles. The monoisotopic (exact) mass is 401 g/mol. The highest BCUT2D eigenvalue weighted by atomic mass is 19.1. The van der Waals surface area contributed by atoms with E-state index in [1.54, 1.807) is 12.1 Å². The van der Waals surface area contributed by atoms with Gasteiger partial charge in [0.05, 0.1) is 12.5 Å². The van der Waals surface area contributed by atoms with Crippen molar-refractivity contribution in [3.8, 4) is 11.5 Å². The van der Waals surface area contributed by atoms with Crippen molar-refractivity contribution in [3.63, 3.8) is 0 Å². The van der Waals surface area contributed by atoms with Crippen LogP contribution in [-0.4, -0.2) is 16.0 Å². The minimum atomic E-state index is -0.392. The van der Waals surface area contributed by atoms with Gasteiger partial charge < -0.3 is 9.84 Å². The van der Waals surface area contributed by atoms with Crippen LogP contribution in [0.1, 0.15) is 23.0 Å². The summed E-state index contributed by atoms with van der Waals surface area (Å²) in [5.41, 5.74) is 2.61. The molecule has 1 atom stereocenters. The summed E-state index contributed by atoms with van der Waals surface area (Å²) in [5, 5.41) is 6.92. The van der Waals surface area contributed by atoms with Crippen LogP contribution in [0.4, 0.5) is 4.39 Å². The van der Waals surface area contributed by atoms with Crippen LogP contribution in [-0.2, 0) is 17.6 Å². The molecule has 1 unspecified atom stereocenters. The molecule has 3 aromatic carbocycles. The van der Waals surface area contributed by atoms with Crippen molar-refractivity contribution in [1.82, 2.24) is 15.5 Å². The molecule has 4 aromatic rings. The van der Waals surface area contributed by atoms with Gasteiger partial charge in [-0.15, -0.1) is 0 Å². The zero-order chi connectivity index (χ0) is 20.8. The topological polar surface area (TPSA) is 68.0 Å². The SMILES string of the molecule is O=C(Cc1noc(-c2cccc(F)c2)n1)NC(Cc1ccccc1)c1ccccc1. The van der Waals surface area contributed by atoms with Crippen molar-refractivity contribution < 1.29 is 13.7 Å². The van der Waals surface area contributed by atoms with Gasteiger partial charge in [0.15, 0.2) is 5.82 Å². The standard InChI is InChI=1S/C24H20FN3O2/c25-20-13-7-12-19(15-20)24-27-22(28-30-24)16-23(29)26-21(18-10-5-2-6-11-18)14-17-8-3-1-4-9-17/h1-13,15,21H,14,16H2,(H,26,29). The van der Waals surface area contributed by atoms with Crippen LogP contribution in [0.5, 0.6) is 0 Å². The third kappa shape index (κ3) is 4.97. The van der Waals surface area contributed by atoms with Gasteiger partial charge in [-0.05, 0) is 35.7 Å². The van der Waals surface area contributed by atoms with Crippen molar-refractivity contribution in [1.29, 1.82) is 0 Å². The molecule has 4 rings (SSSR count). The summed E-state index contributed by atoms with van der Waals surface area (Å²) < 4.78 is 18.6. The number of rotatable bonds is 7. The number of hydrogen-bond acceptors (Lipinski definition) is 4. The van der Waals surface area contributed by atoms with Gasteiger partial charge in [-0.2, -0.15) is 4.98 Å². The number of amides is 1. The number of carbonyl (C=O) groups excluding carboxylic acids is 1. The van der Waals surface area contributed by atoms with E-state index in [4.69, 9.17) is 4.52 Å². The highest BCUT2D eigenvalue weighted by Crippen LogP contribution is 2.20. The summed E-state index contributed by atoms with van der Waals surface area (Å²) in [6.45, 7) is 0. The van der Waals surface area contributed by atoms with Gasteiger partial charge in [-0.1, -0.05) is 71.9 Å². The molecule has 0 bridgehead atoms. The van der Waals surface area contributed by atoms with Crippen molar-refractivity contribution in [2.45, 2.75) is 18.9 Å². The molecular formula is C24H20FN3O2. The normalized spacial score (nSPS) is 11.8. The smallest absolute Gasteiger partial charge is 0.258 e. The molecule has 30 heavy (non-hydrogen) atoms. The molecule has 0 aliphatic heterocycles. The highest BCUT2D eigenvalue weighted by Gasteiger charge is 2.18. The number of nitrogens with one attached hydrogen (secondary N) is 1. The van der Waals surface area contributed by atoms with Crippen LogP contribution in [0, 0.1) is 5.82 Å². The average molecular weight is 401 g/mol. The highest BCUT2D eigenvalue weighted by molar-refractivity contribution is 5.78. The maximum atomic E-state index is 13.4. The number of carbonyl (C=O) groups is 1. The first-order valence-corrected chi connectivity index (χ1v) is 9.64. The predicted octanol–water partition coefficient (Wildman–Crippen LogP) is 4.52. The minimum Gasteiger partial charge on any atom is -0.349 e. The zero-order valence-corrected chi connectivity index (χ0v) is 16.2. The summed E-state index contributed by atoms with van der Waals surface area (Å²) in [4.78, 5) is 16.9. The lowest BCUT2D eigenvalue weighted by atomic mass is 9.98. The molecule has 150 valence electrons. The first-order valence-electron chi connectivity index (χ1n) is 9.64. The number of benzene rings is 3. The van der Waals surface area contributed by atoms with E-state index in [0.717, 1.165) is 11.1 Å². The van der Waals surface area contributed by atoms with E-state index in [1.165, 1.54) is 12.1 Å². The van der Waals surface area contributed by atoms with Gasteiger partial charge >= 0.3 is 0 Å². The van der Waals surface area contributed by atoms with E-state index in [2.05, 4.69) is 15.5 Å². The number of hydrogen-bond donors (Lipinski definition) is 1. The van der Waals surface area contributed by atoms with E-state index in [9.17, 15) is 9.18 Å². The maximum Gasteiger partial charge on any atom is 0.258 e. The van der Waals surface area contributed by atoms with Gasteiger partial charge in [0.25, 0.3) is 5.89 Å². The number of halogens is 1. The molecule has 0 radical (unpaired) electrons. The fraction of sp³-hybridized carbons (Fsp3) is 0.125. The molecule has 0 saturated carbocycles. The zero-order valence-electron chi connectivity index (χ0n) is 16.2. The number of aromatic nitrogens is 2. The van der Waals surface area contributed by atoms with Crippen molar-refractivity contribution in [2.24, 2.45) is 0 Å². The first-order chi connectivity index (χ1) is 14.7. The predicted molar refractivity (Wildman–Crippen MR) is 111 cm³/mol. The molecule has 0 aliphatic carbocycles. The van der Waals surface area contributed by atoms with Crippen LogP contribution >= 0.6 is 0 Å². The van der Waals surface area contributed by atoms with Gasteiger partial charge in [-0.3, -0.25) is 4.79 Å². The van der Waals surface area contributed by atoms with Crippen molar-refractivity contribution in [3.05, 3.63) is 108 Å². The Morgan fingerprint density at radius 3 is 2.43 bits per heavy atom. The molecule has 0 spiro atoms. The van der Waals surface area contributed by atoms with Gasteiger partial charge in [0, 0.05) is 5.56 Å². The Labute approximate surface area is 173 Å². The Balaban J connectivity index is 1.46. The minimum absolute atomic E-state index is 0.0308. The Bertz CT molecular complexity index is 1110. The van der Waals surface area contributed by atoms with E-state index < -0.39 is 5.82 Å². The van der Waals surface area contributed by atoms with Gasteiger partial charge in [-0.25, -0.2) is 4.39 Å². The molecule has 6 heteroatoms. The lowest BCUT2D eigenvalue weighted by Gasteiger charge is -2.19. The summed E-state index contributed by atoms with van der Waals surface area (Å²) in [5.74, 6) is -0.178. The molecule has 1 aromatic heterocycles.